The predicted molar refractivity (Wildman–Crippen MR) is 138 cm³/mol. The number of benzene rings is 1. The lowest BCUT2D eigenvalue weighted by molar-refractivity contribution is -0.142. The summed E-state index contributed by atoms with van der Waals surface area (Å²) in [5.74, 6) is -4.33. The fourth-order valence-electron chi connectivity index (χ4n) is 3.31. The van der Waals surface area contributed by atoms with Gasteiger partial charge in [-0.15, -0.1) is 0 Å². The molecule has 0 fully saturated rings. The molecule has 4 atom stereocenters. The van der Waals surface area contributed by atoms with E-state index in [9.17, 15) is 34.2 Å². The van der Waals surface area contributed by atoms with Gasteiger partial charge in [0.2, 0.25) is 17.7 Å². The van der Waals surface area contributed by atoms with E-state index < -0.39 is 59.7 Å². The highest BCUT2D eigenvalue weighted by Crippen LogP contribution is 2.13. The molecule has 0 saturated carbocycles. The molecule has 0 saturated heterocycles. The minimum Gasteiger partial charge on any atom is -0.508 e. The average Bonchev–Trinajstić information content (AvgIpc) is 2.83. The van der Waals surface area contributed by atoms with Gasteiger partial charge in [0.05, 0.1) is 6.04 Å². The molecule has 8 N–H and O–H groups in total. The lowest BCUT2D eigenvalue weighted by Crippen LogP contribution is -2.59. The van der Waals surface area contributed by atoms with E-state index in [-0.39, 0.29) is 31.4 Å². The standard InChI is InChI=1S/C24H36N4O8S/c1-13(2)20(23(34)26-17(24(35)36)10-11-37-3)28-22(33)18(12-14-4-6-15(29)7-5-14)27-21(32)16(25)8-9-19(30)31/h4-7,13,16-18,20,29H,8-12,25H2,1-3H3,(H,26,34)(H,27,32)(H,28,33)(H,30,31)(H,35,36). The summed E-state index contributed by atoms with van der Waals surface area (Å²) < 4.78 is 0. The number of carbonyl (C=O) groups excluding carboxylic acids is 3. The number of thioether (sulfide) groups is 1. The van der Waals surface area contributed by atoms with Gasteiger partial charge in [-0.2, -0.15) is 11.8 Å². The summed E-state index contributed by atoms with van der Waals surface area (Å²) in [6.45, 7) is 3.36. The Kier molecular flexibility index (Phi) is 13.5. The van der Waals surface area contributed by atoms with Gasteiger partial charge in [-0.3, -0.25) is 19.2 Å². The molecule has 206 valence electrons. The Labute approximate surface area is 219 Å². The van der Waals surface area contributed by atoms with Gasteiger partial charge in [-0.1, -0.05) is 26.0 Å². The number of nitrogens with one attached hydrogen (secondary N) is 3. The molecule has 0 aliphatic heterocycles. The Bertz CT molecular complexity index is 941. The minimum atomic E-state index is -1.19. The zero-order chi connectivity index (χ0) is 28.1. The van der Waals surface area contributed by atoms with Gasteiger partial charge in [0.1, 0.15) is 23.9 Å². The van der Waals surface area contributed by atoms with Crippen LogP contribution >= 0.6 is 11.8 Å². The Hall–Kier alpha value is -3.32. The first-order valence-electron chi connectivity index (χ1n) is 11.7. The number of nitrogens with two attached hydrogens (primary N) is 1. The summed E-state index contributed by atoms with van der Waals surface area (Å²) in [6, 6.07) is 1.35. The van der Waals surface area contributed by atoms with Crippen molar-refractivity contribution in [2.75, 3.05) is 12.0 Å². The monoisotopic (exact) mass is 540 g/mol. The van der Waals surface area contributed by atoms with E-state index in [1.54, 1.807) is 26.0 Å². The lowest BCUT2D eigenvalue weighted by Gasteiger charge is -2.27. The fraction of sp³-hybridized carbons (Fsp3) is 0.542. The predicted octanol–water partition coefficient (Wildman–Crippen LogP) is 0.0749. The molecular weight excluding hydrogens is 504 g/mol. The van der Waals surface area contributed by atoms with Crippen LogP contribution in [-0.2, 0) is 30.4 Å². The quantitative estimate of drug-likeness (QED) is 0.150. The van der Waals surface area contributed by atoms with E-state index in [1.807, 2.05) is 6.26 Å². The number of phenolic OH excluding ortho intramolecular Hbond substituents is 1. The smallest absolute Gasteiger partial charge is 0.326 e. The molecule has 4 unspecified atom stereocenters. The zero-order valence-corrected chi connectivity index (χ0v) is 21.9. The molecule has 3 amide bonds. The van der Waals surface area contributed by atoms with Gasteiger partial charge in [0, 0.05) is 12.8 Å². The number of hydrogen-bond acceptors (Lipinski definition) is 8. The van der Waals surface area contributed by atoms with Crippen LogP contribution in [0.3, 0.4) is 0 Å². The number of carboxylic acid groups (broad SMARTS) is 2. The highest BCUT2D eigenvalue weighted by Gasteiger charge is 2.32. The average molecular weight is 541 g/mol. The van der Waals surface area contributed by atoms with E-state index in [1.165, 1.54) is 23.9 Å². The van der Waals surface area contributed by atoms with Crippen molar-refractivity contribution in [1.29, 1.82) is 0 Å². The minimum absolute atomic E-state index is 0.00970. The third-order valence-electron chi connectivity index (χ3n) is 5.49. The van der Waals surface area contributed by atoms with E-state index in [0.29, 0.717) is 11.3 Å². The molecule has 12 nitrogen and oxygen atoms in total. The first-order chi connectivity index (χ1) is 17.3. The molecule has 0 aliphatic rings. The third-order valence-corrected chi connectivity index (χ3v) is 6.13. The van der Waals surface area contributed by atoms with Crippen molar-refractivity contribution in [2.24, 2.45) is 11.7 Å². The van der Waals surface area contributed by atoms with Crippen molar-refractivity contribution >= 4 is 41.4 Å². The van der Waals surface area contributed by atoms with Gasteiger partial charge in [0.25, 0.3) is 0 Å². The maximum Gasteiger partial charge on any atom is 0.326 e. The topological polar surface area (TPSA) is 208 Å². The van der Waals surface area contributed by atoms with Crippen LogP contribution in [0.2, 0.25) is 0 Å². The maximum absolute atomic E-state index is 13.2. The van der Waals surface area contributed by atoms with Gasteiger partial charge in [-0.25, -0.2) is 4.79 Å². The number of rotatable bonds is 16. The summed E-state index contributed by atoms with van der Waals surface area (Å²) in [7, 11) is 0. The Morgan fingerprint density at radius 1 is 0.892 bits per heavy atom. The van der Waals surface area contributed by atoms with Crippen LogP contribution in [0.5, 0.6) is 5.75 Å². The van der Waals surface area contributed by atoms with E-state index in [2.05, 4.69) is 16.0 Å². The van der Waals surface area contributed by atoms with Crippen LogP contribution in [0.25, 0.3) is 0 Å². The number of aliphatic carboxylic acids is 2. The number of aromatic hydroxyl groups is 1. The molecule has 37 heavy (non-hydrogen) atoms. The van der Waals surface area contributed by atoms with Crippen LogP contribution in [-0.4, -0.2) is 81.2 Å². The fourth-order valence-corrected chi connectivity index (χ4v) is 3.78. The number of carbonyl (C=O) groups is 5. The van der Waals surface area contributed by atoms with Crippen LogP contribution < -0.4 is 21.7 Å². The van der Waals surface area contributed by atoms with Gasteiger partial charge in [0.15, 0.2) is 0 Å². The number of carboxylic acids is 2. The largest absolute Gasteiger partial charge is 0.508 e. The molecular formula is C24H36N4O8S. The van der Waals surface area contributed by atoms with Crippen LogP contribution in [0.1, 0.15) is 38.7 Å². The highest BCUT2D eigenvalue weighted by atomic mass is 32.2. The van der Waals surface area contributed by atoms with E-state index in [0.717, 1.165) is 0 Å². The molecule has 1 rings (SSSR count). The van der Waals surface area contributed by atoms with Crippen LogP contribution in [0, 0.1) is 5.92 Å². The summed E-state index contributed by atoms with van der Waals surface area (Å²) in [4.78, 5) is 61.1. The van der Waals surface area contributed by atoms with Crippen LogP contribution in [0.4, 0.5) is 0 Å². The maximum atomic E-state index is 13.2. The second kappa shape index (κ2) is 15.7. The van der Waals surface area contributed by atoms with Crippen molar-refractivity contribution in [3.8, 4) is 5.75 Å². The number of phenols is 1. The third kappa shape index (κ3) is 11.5. The first-order valence-corrected chi connectivity index (χ1v) is 13.1. The molecule has 0 heterocycles. The number of hydrogen-bond donors (Lipinski definition) is 7. The van der Waals surface area contributed by atoms with Gasteiger partial charge >= 0.3 is 11.9 Å². The Balaban J connectivity index is 3.07. The highest BCUT2D eigenvalue weighted by molar-refractivity contribution is 7.98. The molecule has 0 bridgehead atoms. The molecule has 1 aromatic rings. The molecule has 13 heteroatoms. The number of amides is 3. The lowest BCUT2D eigenvalue weighted by atomic mass is 10.00. The second-order valence-corrected chi connectivity index (χ2v) is 9.87. The van der Waals surface area contributed by atoms with Crippen molar-refractivity contribution in [3.63, 3.8) is 0 Å². The molecule has 0 aromatic heterocycles. The first kappa shape index (κ1) is 31.7. The summed E-state index contributed by atoms with van der Waals surface area (Å²) in [5.41, 5.74) is 6.38. The Morgan fingerprint density at radius 2 is 1.49 bits per heavy atom. The van der Waals surface area contributed by atoms with Crippen LogP contribution in [0.15, 0.2) is 24.3 Å². The van der Waals surface area contributed by atoms with Crippen molar-refractivity contribution in [2.45, 2.75) is 63.7 Å². The SMILES string of the molecule is CSCCC(NC(=O)C(NC(=O)C(Cc1ccc(O)cc1)NC(=O)C(N)CCC(=O)O)C(C)C)C(=O)O. The van der Waals surface area contributed by atoms with Crippen molar-refractivity contribution in [3.05, 3.63) is 29.8 Å². The summed E-state index contributed by atoms with van der Waals surface area (Å²) >= 11 is 1.44. The van der Waals surface area contributed by atoms with E-state index >= 15 is 0 Å². The molecule has 1 aromatic carbocycles. The Morgan fingerprint density at radius 3 is 2.00 bits per heavy atom. The normalized spacial score (nSPS) is 14.2. The van der Waals surface area contributed by atoms with Crippen molar-refractivity contribution in [1.82, 2.24) is 16.0 Å². The second-order valence-electron chi connectivity index (χ2n) is 8.88. The van der Waals surface area contributed by atoms with Gasteiger partial charge in [-0.05, 0) is 48.5 Å². The van der Waals surface area contributed by atoms with Gasteiger partial charge < -0.3 is 37.0 Å². The molecule has 0 spiro atoms. The zero-order valence-electron chi connectivity index (χ0n) is 21.1. The summed E-state index contributed by atoms with van der Waals surface area (Å²) in [5, 5.41) is 35.4. The van der Waals surface area contributed by atoms with Crippen molar-refractivity contribution < 1.29 is 39.3 Å². The summed E-state index contributed by atoms with van der Waals surface area (Å²) in [6.07, 6.45) is 1.53. The van der Waals surface area contributed by atoms with E-state index in [4.69, 9.17) is 10.8 Å². The molecule has 0 aliphatic carbocycles. The molecule has 0 radical (unpaired) electrons.